The van der Waals surface area contributed by atoms with Crippen LogP contribution in [0.15, 0.2) is 12.1 Å². The van der Waals surface area contributed by atoms with E-state index in [0.29, 0.717) is 13.2 Å². The fourth-order valence-corrected chi connectivity index (χ4v) is 2.55. The molecule has 0 bridgehead atoms. The van der Waals surface area contributed by atoms with Crippen LogP contribution in [0.2, 0.25) is 0 Å². The number of hydrogen-bond donors (Lipinski definition) is 1. The second-order valence-corrected chi connectivity index (χ2v) is 4.68. The van der Waals surface area contributed by atoms with Crippen molar-refractivity contribution in [1.29, 1.82) is 0 Å². The standard InChI is InChI=1S/C13H17NO3/c1-15-9-3-4-10-12(17-8-7-16-10)11(9)13(14)5-2-6-13/h3-4H,2,5-8,14H2,1H3. The van der Waals surface area contributed by atoms with Crippen molar-refractivity contribution in [3.05, 3.63) is 17.7 Å². The molecule has 0 atom stereocenters. The van der Waals surface area contributed by atoms with Gasteiger partial charge in [-0.25, -0.2) is 0 Å². The van der Waals surface area contributed by atoms with E-state index in [4.69, 9.17) is 19.9 Å². The lowest BCUT2D eigenvalue weighted by molar-refractivity contribution is 0.157. The van der Waals surface area contributed by atoms with Crippen LogP contribution in [0.4, 0.5) is 0 Å². The SMILES string of the molecule is COc1ccc2c(c1C1(N)CCC1)OCCO2. The summed E-state index contributed by atoms with van der Waals surface area (Å²) in [5.74, 6) is 2.36. The van der Waals surface area contributed by atoms with Crippen LogP contribution in [-0.2, 0) is 5.54 Å². The van der Waals surface area contributed by atoms with Gasteiger partial charge >= 0.3 is 0 Å². The van der Waals surface area contributed by atoms with Crippen LogP contribution < -0.4 is 19.9 Å². The van der Waals surface area contributed by atoms with Gasteiger partial charge in [0.05, 0.1) is 12.7 Å². The van der Waals surface area contributed by atoms with Crippen LogP contribution >= 0.6 is 0 Å². The summed E-state index contributed by atoms with van der Waals surface area (Å²) < 4.78 is 16.7. The third-order valence-electron chi connectivity index (χ3n) is 3.63. The van der Waals surface area contributed by atoms with Gasteiger partial charge < -0.3 is 19.9 Å². The van der Waals surface area contributed by atoms with Crippen molar-refractivity contribution < 1.29 is 14.2 Å². The molecule has 4 heteroatoms. The molecule has 0 radical (unpaired) electrons. The van der Waals surface area contributed by atoms with Gasteiger partial charge in [0, 0.05) is 5.54 Å². The van der Waals surface area contributed by atoms with E-state index in [9.17, 15) is 0 Å². The predicted octanol–water partition coefficient (Wildman–Crippen LogP) is 1.80. The van der Waals surface area contributed by atoms with Crippen LogP contribution in [0.25, 0.3) is 0 Å². The Morgan fingerprint density at radius 3 is 2.65 bits per heavy atom. The summed E-state index contributed by atoms with van der Waals surface area (Å²) in [5, 5.41) is 0. The minimum atomic E-state index is -0.308. The van der Waals surface area contributed by atoms with Crippen molar-refractivity contribution in [2.45, 2.75) is 24.8 Å². The molecule has 92 valence electrons. The largest absolute Gasteiger partial charge is 0.496 e. The first kappa shape index (κ1) is 10.7. The van der Waals surface area contributed by atoms with Gasteiger partial charge in [0.25, 0.3) is 0 Å². The first-order valence-corrected chi connectivity index (χ1v) is 6.00. The van der Waals surface area contributed by atoms with Crippen molar-refractivity contribution in [3.8, 4) is 17.2 Å². The second-order valence-electron chi connectivity index (χ2n) is 4.68. The number of benzene rings is 1. The van der Waals surface area contributed by atoms with Gasteiger partial charge in [0.1, 0.15) is 19.0 Å². The van der Waals surface area contributed by atoms with Crippen LogP contribution in [0, 0.1) is 0 Å². The number of fused-ring (bicyclic) bond motifs is 1. The lowest BCUT2D eigenvalue weighted by Gasteiger charge is -2.41. The fraction of sp³-hybridized carbons (Fsp3) is 0.538. The summed E-state index contributed by atoms with van der Waals surface area (Å²) >= 11 is 0. The molecule has 1 saturated carbocycles. The van der Waals surface area contributed by atoms with Gasteiger partial charge in [0.2, 0.25) is 0 Å². The number of ether oxygens (including phenoxy) is 3. The maximum Gasteiger partial charge on any atom is 0.170 e. The summed E-state index contributed by atoms with van der Waals surface area (Å²) in [4.78, 5) is 0. The Bertz CT molecular complexity index is 441. The van der Waals surface area contributed by atoms with Crippen molar-refractivity contribution in [2.24, 2.45) is 5.73 Å². The van der Waals surface area contributed by atoms with E-state index >= 15 is 0 Å². The molecule has 1 aromatic carbocycles. The highest BCUT2D eigenvalue weighted by molar-refractivity contribution is 5.58. The summed E-state index contributed by atoms with van der Waals surface area (Å²) in [7, 11) is 1.66. The Hall–Kier alpha value is -1.42. The van der Waals surface area contributed by atoms with Gasteiger partial charge in [-0.05, 0) is 31.4 Å². The highest BCUT2D eigenvalue weighted by Gasteiger charge is 2.41. The van der Waals surface area contributed by atoms with Gasteiger partial charge in [0.15, 0.2) is 11.5 Å². The highest BCUT2D eigenvalue weighted by atomic mass is 16.6. The van der Waals surface area contributed by atoms with Crippen LogP contribution in [0.1, 0.15) is 24.8 Å². The molecule has 1 aliphatic heterocycles. The number of rotatable bonds is 2. The molecule has 0 saturated heterocycles. The molecule has 1 fully saturated rings. The van der Waals surface area contributed by atoms with Crippen molar-refractivity contribution in [2.75, 3.05) is 20.3 Å². The molecule has 0 spiro atoms. The molecule has 0 unspecified atom stereocenters. The summed E-state index contributed by atoms with van der Waals surface area (Å²) in [6, 6.07) is 3.80. The lowest BCUT2D eigenvalue weighted by atomic mass is 9.72. The molecule has 17 heavy (non-hydrogen) atoms. The summed E-state index contributed by atoms with van der Waals surface area (Å²) in [6.45, 7) is 1.17. The molecular formula is C13H17NO3. The number of hydrogen-bond acceptors (Lipinski definition) is 4. The zero-order chi connectivity index (χ0) is 11.9. The molecule has 1 aliphatic carbocycles. The van der Waals surface area contributed by atoms with E-state index in [-0.39, 0.29) is 5.54 Å². The Morgan fingerprint density at radius 2 is 2.00 bits per heavy atom. The van der Waals surface area contributed by atoms with Crippen LogP contribution in [0.3, 0.4) is 0 Å². The molecule has 2 aliphatic rings. The monoisotopic (exact) mass is 235 g/mol. The molecule has 0 amide bonds. The van der Waals surface area contributed by atoms with Gasteiger partial charge in [-0.1, -0.05) is 0 Å². The first-order valence-electron chi connectivity index (χ1n) is 6.00. The minimum absolute atomic E-state index is 0.308. The minimum Gasteiger partial charge on any atom is -0.496 e. The summed E-state index contributed by atoms with van der Waals surface area (Å²) in [6.07, 6.45) is 3.11. The smallest absolute Gasteiger partial charge is 0.170 e. The average molecular weight is 235 g/mol. The van der Waals surface area contributed by atoms with E-state index in [1.165, 1.54) is 0 Å². The molecular weight excluding hydrogens is 218 g/mol. The molecule has 4 nitrogen and oxygen atoms in total. The van der Waals surface area contributed by atoms with Crippen molar-refractivity contribution in [3.63, 3.8) is 0 Å². The predicted molar refractivity (Wildman–Crippen MR) is 63.7 cm³/mol. The highest BCUT2D eigenvalue weighted by Crippen LogP contribution is 2.50. The van der Waals surface area contributed by atoms with E-state index in [1.807, 2.05) is 12.1 Å². The average Bonchev–Trinajstić information content (AvgIpc) is 2.34. The Kier molecular flexibility index (Phi) is 2.40. The van der Waals surface area contributed by atoms with E-state index < -0.39 is 0 Å². The maximum atomic E-state index is 6.41. The van der Waals surface area contributed by atoms with E-state index in [2.05, 4.69) is 0 Å². The molecule has 2 N–H and O–H groups in total. The quantitative estimate of drug-likeness (QED) is 0.849. The molecule has 1 heterocycles. The van der Waals surface area contributed by atoms with Gasteiger partial charge in [-0.3, -0.25) is 0 Å². The van der Waals surface area contributed by atoms with E-state index in [0.717, 1.165) is 42.1 Å². The number of nitrogens with two attached hydrogens (primary N) is 1. The molecule has 3 rings (SSSR count). The zero-order valence-electron chi connectivity index (χ0n) is 9.99. The fourth-order valence-electron chi connectivity index (χ4n) is 2.55. The van der Waals surface area contributed by atoms with Gasteiger partial charge in [-0.15, -0.1) is 0 Å². The van der Waals surface area contributed by atoms with Crippen molar-refractivity contribution >= 4 is 0 Å². The maximum absolute atomic E-state index is 6.41. The third-order valence-corrected chi connectivity index (χ3v) is 3.63. The van der Waals surface area contributed by atoms with E-state index in [1.54, 1.807) is 7.11 Å². The Morgan fingerprint density at radius 1 is 1.24 bits per heavy atom. The topological polar surface area (TPSA) is 53.7 Å². The zero-order valence-corrected chi connectivity index (χ0v) is 9.99. The van der Waals surface area contributed by atoms with Crippen molar-refractivity contribution in [1.82, 2.24) is 0 Å². The third kappa shape index (κ3) is 1.55. The Balaban J connectivity index is 2.15. The lowest BCUT2D eigenvalue weighted by Crippen LogP contribution is -2.44. The van der Waals surface area contributed by atoms with Gasteiger partial charge in [-0.2, -0.15) is 0 Å². The Labute approximate surface area is 101 Å². The first-order chi connectivity index (χ1) is 8.24. The molecule has 0 aromatic heterocycles. The second kappa shape index (κ2) is 3.81. The normalized spacial score (nSPS) is 20.6. The molecule has 1 aromatic rings. The summed E-state index contributed by atoms with van der Waals surface area (Å²) in [5.41, 5.74) is 7.08. The number of methoxy groups -OCH3 is 1. The van der Waals surface area contributed by atoms with Crippen LogP contribution in [-0.4, -0.2) is 20.3 Å². The van der Waals surface area contributed by atoms with Crippen LogP contribution in [0.5, 0.6) is 17.2 Å².